The van der Waals surface area contributed by atoms with Gasteiger partial charge in [0.05, 0.1) is 27.0 Å². The van der Waals surface area contributed by atoms with Gasteiger partial charge in [0.15, 0.2) is 11.5 Å². The number of aryl methyl sites for hydroxylation is 1. The molecule has 0 aliphatic heterocycles. The number of benzene rings is 1. The van der Waals surface area contributed by atoms with Gasteiger partial charge in [-0.3, -0.25) is 9.78 Å². The Kier molecular flexibility index (Phi) is 6.66. The summed E-state index contributed by atoms with van der Waals surface area (Å²) in [4.78, 5) is 20.0. The van der Waals surface area contributed by atoms with E-state index in [4.69, 9.17) is 14.2 Å². The quantitative estimate of drug-likeness (QED) is 0.783. The third-order valence-electron chi connectivity index (χ3n) is 4.19. The summed E-state index contributed by atoms with van der Waals surface area (Å²) in [5.74, 6) is 2.11. The van der Waals surface area contributed by atoms with Crippen LogP contribution in [0.2, 0.25) is 0 Å². The van der Waals surface area contributed by atoms with Gasteiger partial charge in [-0.2, -0.15) is 0 Å². The number of ether oxygens (including phenoxy) is 3. The van der Waals surface area contributed by atoms with E-state index in [1.807, 2.05) is 19.1 Å². The summed E-state index contributed by atoms with van der Waals surface area (Å²) in [6.07, 6.45) is 1.96. The van der Waals surface area contributed by atoms with Crippen molar-refractivity contribution in [1.82, 2.24) is 9.97 Å². The maximum absolute atomic E-state index is 12.4. The first-order valence-electron chi connectivity index (χ1n) is 8.83. The molecule has 26 heavy (non-hydrogen) atoms. The highest BCUT2D eigenvalue weighted by Gasteiger charge is 2.16. The molecule has 0 atom stereocenters. The minimum atomic E-state index is -0.113. The lowest BCUT2D eigenvalue weighted by molar-refractivity contribution is 0.324. The van der Waals surface area contributed by atoms with Crippen LogP contribution in [0, 0.1) is 5.92 Å². The Morgan fingerprint density at radius 1 is 1.04 bits per heavy atom. The second-order valence-corrected chi connectivity index (χ2v) is 6.60. The number of methoxy groups -OCH3 is 3. The average Bonchev–Trinajstić information content (AvgIpc) is 2.62. The zero-order valence-electron chi connectivity index (χ0n) is 16.4. The molecule has 0 saturated heterocycles. The Labute approximate surface area is 154 Å². The van der Waals surface area contributed by atoms with Crippen LogP contribution in [0.15, 0.2) is 16.9 Å². The summed E-state index contributed by atoms with van der Waals surface area (Å²) < 4.78 is 16.2. The van der Waals surface area contributed by atoms with Crippen molar-refractivity contribution >= 4 is 0 Å². The van der Waals surface area contributed by atoms with Crippen LogP contribution in [0.1, 0.15) is 43.4 Å². The second-order valence-electron chi connectivity index (χ2n) is 6.60. The lowest BCUT2D eigenvalue weighted by Crippen LogP contribution is -2.21. The predicted octanol–water partition coefficient (Wildman–Crippen LogP) is 3.15. The SMILES string of the molecule is CCc1nc(CC(C)C)c(=O)[nH]c1Cc1cc(OC)c(OC)c(OC)c1. The van der Waals surface area contributed by atoms with Gasteiger partial charge in [0.2, 0.25) is 5.75 Å². The first-order valence-corrected chi connectivity index (χ1v) is 8.83. The van der Waals surface area contributed by atoms with Crippen molar-refractivity contribution in [2.24, 2.45) is 5.92 Å². The van der Waals surface area contributed by atoms with Gasteiger partial charge in [0, 0.05) is 12.1 Å². The van der Waals surface area contributed by atoms with Crippen LogP contribution in [0.5, 0.6) is 17.2 Å². The summed E-state index contributed by atoms with van der Waals surface area (Å²) in [5.41, 5.74) is 3.17. The van der Waals surface area contributed by atoms with E-state index in [1.54, 1.807) is 21.3 Å². The molecular formula is C20H28N2O4. The fourth-order valence-electron chi connectivity index (χ4n) is 2.97. The normalized spacial score (nSPS) is 10.9. The van der Waals surface area contributed by atoms with Gasteiger partial charge in [-0.15, -0.1) is 0 Å². The van der Waals surface area contributed by atoms with E-state index < -0.39 is 0 Å². The third-order valence-corrected chi connectivity index (χ3v) is 4.19. The van der Waals surface area contributed by atoms with Gasteiger partial charge in [-0.05, 0) is 36.5 Å². The molecular weight excluding hydrogens is 332 g/mol. The third kappa shape index (κ3) is 4.36. The second kappa shape index (κ2) is 8.74. The van der Waals surface area contributed by atoms with E-state index in [-0.39, 0.29) is 5.56 Å². The van der Waals surface area contributed by atoms with Gasteiger partial charge < -0.3 is 19.2 Å². The largest absolute Gasteiger partial charge is 0.493 e. The van der Waals surface area contributed by atoms with Crippen molar-refractivity contribution in [1.29, 1.82) is 0 Å². The van der Waals surface area contributed by atoms with Crippen LogP contribution in [-0.2, 0) is 19.3 Å². The molecule has 1 aromatic carbocycles. The van der Waals surface area contributed by atoms with E-state index >= 15 is 0 Å². The zero-order chi connectivity index (χ0) is 19.3. The number of hydrogen-bond donors (Lipinski definition) is 1. The maximum atomic E-state index is 12.4. The monoisotopic (exact) mass is 360 g/mol. The molecule has 0 radical (unpaired) electrons. The molecule has 1 aromatic heterocycles. The van der Waals surface area contributed by atoms with Crippen LogP contribution < -0.4 is 19.8 Å². The summed E-state index contributed by atoms with van der Waals surface area (Å²) in [6.45, 7) is 6.20. The van der Waals surface area contributed by atoms with Crippen molar-refractivity contribution in [3.8, 4) is 17.2 Å². The summed E-state index contributed by atoms with van der Waals surface area (Å²) in [6, 6.07) is 3.78. The number of hydrogen-bond acceptors (Lipinski definition) is 5. The highest BCUT2D eigenvalue weighted by atomic mass is 16.5. The summed E-state index contributed by atoms with van der Waals surface area (Å²) >= 11 is 0. The molecule has 0 spiro atoms. The van der Waals surface area contributed by atoms with Crippen molar-refractivity contribution in [3.05, 3.63) is 45.1 Å². The summed E-state index contributed by atoms with van der Waals surface area (Å²) in [7, 11) is 4.75. The van der Waals surface area contributed by atoms with Crippen molar-refractivity contribution in [2.45, 2.75) is 40.0 Å². The van der Waals surface area contributed by atoms with Gasteiger partial charge in [-0.1, -0.05) is 20.8 Å². The first kappa shape index (κ1) is 19.8. The summed E-state index contributed by atoms with van der Waals surface area (Å²) in [5, 5.41) is 0. The van der Waals surface area contributed by atoms with Crippen molar-refractivity contribution in [2.75, 3.05) is 21.3 Å². The molecule has 0 unspecified atom stereocenters. The van der Waals surface area contributed by atoms with Gasteiger partial charge in [0.1, 0.15) is 5.69 Å². The van der Waals surface area contributed by atoms with Crippen LogP contribution in [0.4, 0.5) is 0 Å². The van der Waals surface area contributed by atoms with E-state index in [1.165, 1.54) is 0 Å². The molecule has 0 fully saturated rings. The fourth-order valence-corrected chi connectivity index (χ4v) is 2.97. The molecule has 142 valence electrons. The van der Waals surface area contributed by atoms with Gasteiger partial charge in [-0.25, -0.2) is 0 Å². The molecule has 1 heterocycles. The number of rotatable bonds is 8. The zero-order valence-corrected chi connectivity index (χ0v) is 16.4. The van der Waals surface area contributed by atoms with Crippen LogP contribution >= 0.6 is 0 Å². The van der Waals surface area contributed by atoms with Gasteiger partial charge >= 0.3 is 0 Å². The lowest BCUT2D eigenvalue weighted by atomic mass is 10.0. The van der Waals surface area contributed by atoms with Gasteiger partial charge in [0.25, 0.3) is 5.56 Å². The molecule has 2 rings (SSSR count). The Hall–Kier alpha value is -2.50. The Balaban J connectivity index is 2.45. The number of nitrogens with zero attached hydrogens (tertiary/aromatic N) is 1. The molecule has 6 heteroatoms. The molecule has 0 aliphatic rings. The minimum absolute atomic E-state index is 0.113. The number of aromatic amines is 1. The molecule has 0 amide bonds. The standard InChI is InChI=1S/C20H28N2O4/c1-7-14-15(22-20(23)16(21-14)8-12(2)3)9-13-10-17(24-4)19(26-6)18(11-13)25-5/h10-12H,7-9H2,1-6H3,(H,22,23). The predicted molar refractivity (Wildman–Crippen MR) is 102 cm³/mol. The Bertz CT molecular complexity index is 787. The Morgan fingerprint density at radius 2 is 1.65 bits per heavy atom. The maximum Gasteiger partial charge on any atom is 0.269 e. The van der Waals surface area contributed by atoms with E-state index in [9.17, 15) is 4.79 Å². The fraction of sp³-hybridized carbons (Fsp3) is 0.500. The van der Waals surface area contributed by atoms with Crippen LogP contribution in [0.3, 0.4) is 0 Å². The smallest absolute Gasteiger partial charge is 0.269 e. The highest BCUT2D eigenvalue weighted by Crippen LogP contribution is 2.38. The first-order chi connectivity index (χ1) is 12.4. The minimum Gasteiger partial charge on any atom is -0.493 e. The Morgan fingerprint density at radius 3 is 2.12 bits per heavy atom. The van der Waals surface area contributed by atoms with Crippen molar-refractivity contribution in [3.63, 3.8) is 0 Å². The van der Waals surface area contributed by atoms with E-state index in [2.05, 4.69) is 23.8 Å². The van der Waals surface area contributed by atoms with E-state index in [0.29, 0.717) is 41.7 Å². The highest BCUT2D eigenvalue weighted by molar-refractivity contribution is 5.54. The number of H-pyrrole nitrogens is 1. The molecule has 0 saturated carbocycles. The molecule has 0 aliphatic carbocycles. The molecule has 0 bridgehead atoms. The topological polar surface area (TPSA) is 73.4 Å². The van der Waals surface area contributed by atoms with Crippen LogP contribution in [0.25, 0.3) is 0 Å². The number of aromatic nitrogens is 2. The number of nitrogens with one attached hydrogen (secondary N) is 1. The molecule has 6 nitrogen and oxygen atoms in total. The van der Waals surface area contributed by atoms with Crippen molar-refractivity contribution < 1.29 is 14.2 Å². The average molecular weight is 360 g/mol. The lowest BCUT2D eigenvalue weighted by Gasteiger charge is -2.15. The van der Waals surface area contributed by atoms with E-state index in [0.717, 1.165) is 23.4 Å². The molecule has 1 N–H and O–H groups in total. The van der Waals surface area contributed by atoms with Crippen LogP contribution in [-0.4, -0.2) is 31.3 Å². The molecule has 2 aromatic rings.